The van der Waals surface area contributed by atoms with Crippen LogP contribution in [-0.2, 0) is 4.74 Å². The van der Waals surface area contributed by atoms with Crippen LogP contribution in [0.4, 0.5) is 8.78 Å². The lowest BCUT2D eigenvalue weighted by molar-refractivity contribution is -0.115. The minimum Gasteiger partial charge on any atom is -0.375 e. The summed E-state index contributed by atoms with van der Waals surface area (Å²) in [5, 5.41) is 0. The molecule has 2 saturated heterocycles. The average molecular weight is 266 g/mol. The summed E-state index contributed by atoms with van der Waals surface area (Å²) in [5.74, 6) is 7.32. The number of thioether (sulfide) groups is 1. The number of halogens is 2. The largest absolute Gasteiger partial charge is 0.375 e. The third kappa shape index (κ3) is 3.10. The van der Waals surface area contributed by atoms with Gasteiger partial charge in [0.25, 0.3) is 6.43 Å². The van der Waals surface area contributed by atoms with E-state index >= 15 is 0 Å². The Balaban J connectivity index is 2.00. The Morgan fingerprint density at radius 1 is 1.35 bits per heavy atom. The van der Waals surface area contributed by atoms with Gasteiger partial charge < -0.3 is 4.74 Å². The van der Waals surface area contributed by atoms with Crippen LogP contribution in [0.2, 0.25) is 0 Å². The van der Waals surface area contributed by atoms with Gasteiger partial charge in [-0.15, -0.1) is 0 Å². The Hall–Kier alpha value is 0.0900. The van der Waals surface area contributed by atoms with Crippen LogP contribution in [0.5, 0.6) is 0 Å². The fraction of sp³-hybridized carbons (Fsp3) is 1.00. The minimum absolute atomic E-state index is 0.0724. The molecule has 100 valence electrons. The lowest BCUT2D eigenvalue weighted by Crippen LogP contribution is -2.52. The zero-order chi connectivity index (χ0) is 12.3. The predicted molar refractivity (Wildman–Crippen MR) is 65.1 cm³/mol. The summed E-state index contributed by atoms with van der Waals surface area (Å²) in [6, 6.07) is -0.898. The summed E-state index contributed by atoms with van der Waals surface area (Å²) < 4.78 is 31.6. The van der Waals surface area contributed by atoms with E-state index < -0.39 is 12.5 Å². The van der Waals surface area contributed by atoms with Gasteiger partial charge in [0.1, 0.15) is 0 Å². The van der Waals surface area contributed by atoms with Gasteiger partial charge in [0.15, 0.2) is 0 Å². The lowest BCUT2D eigenvalue weighted by atomic mass is 9.79. The van der Waals surface area contributed by atoms with E-state index in [1.165, 1.54) is 0 Å². The maximum atomic E-state index is 12.9. The van der Waals surface area contributed by atoms with Crippen LogP contribution in [0.15, 0.2) is 0 Å². The first-order valence-electron chi connectivity index (χ1n) is 6.13. The minimum atomic E-state index is -2.40. The Labute approximate surface area is 105 Å². The predicted octanol–water partition coefficient (Wildman–Crippen LogP) is 1.78. The van der Waals surface area contributed by atoms with Gasteiger partial charge in [0, 0.05) is 6.61 Å². The second-order valence-corrected chi connectivity index (χ2v) is 6.15. The van der Waals surface area contributed by atoms with Gasteiger partial charge in [0.2, 0.25) is 0 Å². The van der Waals surface area contributed by atoms with Gasteiger partial charge in [-0.25, -0.2) is 8.78 Å². The first-order valence-corrected chi connectivity index (χ1v) is 7.28. The van der Waals surface area contributed by atoms with Crippen LogP contribution >= 0.6 is 11.8 Å². The van der Waals surface area contributed by atoms with Crippen LogP contribution in [0.1, 0.15) is 25.7 Å². The van der Waals surface area contributed by atoms with Crippen molar-refractivity contribution in [3.63, 3.8) is 0 Å². The van der Waals surface area contributed by atoms with Crippen LogP contribution in [-0.4, -0.2) is 36.2 Å². The number of hydrogen-bond acceptors (Lipinski definition) is 4. The van der Waals surface area contributed by atoms with Gasteiger partial charge in [-0.05, 0) is 43.1 Å². The van der Waals surface area contributed by atoms with Crippen molar-refractivity contribution in [3.05, 3.63) is 0 Å². The highest BCUT2D eigenvalue weighted by Gasteiger charge is 2.42. The van der Waals surface area contributed by atoms with E-state index in [2.05, 4.69) is 5.43 Å². The summed E-state index contributed by atoms with van der Waals surface area (Å²) in [6.45, 7) is 0.584. The van der Waals surface area contributed by atoms with Crippen molar-refractivity contribution in [2.45, 2.75) is 43.8 Å². The molecule has 0 aliphatic carbocycles. The molecule has 0 aromatic rings. The SMILES string of the molecule is NNC(C(F)F)C1CCOC2(CCSCC2)C1. The monoisotopic (exact) mass is 266 g/mol. The molecule has 3 N–H and O–H groups in total. The standard InChI is InChI=1S/C11H20F2N2OS/c12-10(13)9(15-14)8-1-4-16-11(7-8)2-5-17-6-3-11/h8-10,15H,1-7,14H2. The van der Waals surface area contributed by atoms with Crippen molar-refractivity contribution in [2.24, 2.45) is 11.8 Å². The van der Waals surface area contributed by atoms with E-state index in [9.17, 15) is 8.78 Å². The fourth-order valence-electron chi connectivity index (χ4n) is 2.88. The highest BCUT2D eigenvalue weighted by atomic mass is 32.2. The molecule has 1 spiro atoms. The van der Waals surface area contributed by atoms with Crippen molar-refractivity contribution in [1.29, 1.82) is 0 Å². The van der Waals surface area contributed by atoms with E-state index in [4.69, 9.17) is 10.6 Å². The van der Waals surface area contributed by atoms with Crippen molar-refractivity contribution < 1.29 is 13.5 Å². The second-order valence-electron chi connectivity index (χ2n) is 4.92. The highest BCUT2D eigenvalue weighted by molar-refractivity contribution is 7.99. The van der Waals surface area contributed by atoms with Crippen LogP contribution in [0.3, 0.4) is 0 Å². The number of ether oxygens (including phenoxy) is 1. The summed E-state index contributed by atoms with van der Waals surface area (Å²) in [6.07, 6.45) is 0.947. The van der Waals surface area contributed by atoms with Crippen molar-refractivity contribution >= 4 is 11.8 Å². The first-order chi connectivity index (χ1) is 8.17. The van der Waals surface area contributed by atoms with Crippen molar-refractivity contribution in [1.82, 2.24) is 5.43 Å². The maximum absolute atomic E-state index is 12.9. The molecule has 0 saturated carbocycles. The molecular weight excluding hydrogens is 246 g/mol. The molecule has 17 heavy (non-hydrogen) atoms. The Morgan fingerprint density at radius 3 is 2.65 bits per heavy atom. The van der Waals surface area contributed by atoms with E-state index in [0.29, 0.717) is 19.4 Å². The summed E-state index contributed by atoms with van der Waals surface area (Å²) >= 11 is 1.92. The molecule has 0 radical (unpaired) electrons. The van der Waals surface area contributed by atoms with Crippen molar-refractivity contribution in [3.8, 4) is 0 Å². The zero-order valence-corrected chi connectivity index (χ0v) is 10.6. The summed E-state index contributed by atoms with van der Waals surface area (Å²) in [4.78, 5) is 0. The topological polar surface area (TPSA) is 47.3 Å². The van der Waals surface area contributed by atoms with Gasteiger partial charge in [-0.1, -0.05) is 0 Å². The average Bonchev–Trinajstić information content (AvgIpc) is 2.30. The van der Waals surface area contributed by atoms with Crippen LogP contribution < -0.4 is 11.3 Å². The highest BCUT2D eigenvalue weighted by Crippen LogP contribution is 2.41. The van der Waals surface area contributed by atoms with Gasteiger partial charge in [-0.2, -0.15) is 11.8 Å². The van der Waals surface area contributed by atoms with Crippen LogP contribution in [0, 0.1) is 5.92 Å². The van der Waals surface area contributed by atoms with E-state index in [-0.39, 0.29) is 11.5 Å². The molecule has 2 fully saturated rings. The van der Waals surface area contributed by atoms with Gasteiger partial charge >= 0.3 is 0 Å². The zero-order valence-electron chi connectivity index (χ0n) is 9.83. The van der Waals surface area contributed by atoms with Crippen molar-refractivity contribution in [2.75, 3.05) is 18.1 Å². The van der Waals surface area contributed by atoms with E-state index in [1.54, 1.807) is 0 Å². The van der Waals surface area contributed by atoms with E-state index in [1.807, 2.05) is 11.8 Å². The molecule has 0 bridgehead atoms. The molecule has 0 aromatic heterocycles. The molecule has 6 heteroatoms. The molecule has 3 nitrogen and oxygen atoms in total. The molecule has 2 heterocycles. The number of alkyl halides is 2. The van der Waals surface area contributed by atoms with E-state index in [0.717, 1.165) is 24.3 Å². The van der Waals surface area contributed by atoms with Crippen LogP contribution in [0.25, 0.3) is 0 Å². The van der Waals surface area contributed by atoms with Gasteiger partial charge in [-0.3, -0.25) is 11.3 Å². The third-order valence-electron chi connectivity index (χ3n) is 3.91. The summed E-state index contributed by atoms with van der Waals surface area (Å²) in [5.41, 5.74) is 2.13. The third-order valence-corrected chi connectivity index (χ3v) is 4.89. The number of hydrazine groups is 1. The normalized spacial score (nSPS) is 30.7. The first kappa shape index (κ1) is 13.5. The molecule has 2 unspecified atom stereocenters. The molecule has 0 aromatic carbocycles. The molecule has 0 amide bonds. The lowest BCUT2D eigenvalue weighted by Gasteiger charge is -2.45. The Kier molecular flexibility index (Phi) is 4.63. The fourth-order valence-corrected chi connectivity index (χ4v) is 4.12. The Bertz CT molecular complexity index is 244. The molecule has 2 aliphatic rings. The summed E-state index contributed by atoms with van der Waals surface area (Å²) in [7, 11) is 0. The second kappa shape index (κ2) is 5.82. The van der Waals surface area contributed by atoms with Gasteiger partial charge in [0.05, 0.1) is 11.6 Å². The molecule has 2 atom stereocenters. The number of rotatable bonds is 3. The smallest absolute Gasteiger partial charge is 0.255 e. The quantitative estimate of drug-likeness (QED) is 0.604. The molecule has 2 aliphatic heterocycles. The maximum Gasteiger partial charge on any atom is 0.255 e. The number of nitrogens with two attached hydrogens (primary N) is 1. The number of nitrogens with one attached hydrogen (secondary N) is 1. The number of hydrogen-bond donors (Lipinski definition) is 2. The molecular formula is C11H20F2N2OS. The Morgan fingerprint density at radius 2 is 2.06 bits per heavy atom. The molecule has 2 rings (SSSR count).